The smallest absolute Gasteiger partial charge is 0.253 e. The summed E-state index contributed by atoms with van der Waals surface area (Å²) in [7, 11) is 4.86. The lowest BCUT2D eigenvalue weighted by molar-refractivity contribution is -0.116. The Kier molecular flexibility index (Phi) is 9.82. The predicted octanol–water partition coefficient (Wildman–Crippen LogP) is 2.59. The van der Waals surface area contributed by atoms with Gasteiger partial charge in [-0.3, -0.25) is 9.59 Å². The van der Waals surface area contributed by atoms with E-state index >= 15 is 0 Å². The van der Waals surface area contributed by atoms with Crippen LogP contribution >= 0.6 is 0 Å². The van der Waals surface area contributed by atoms with E-state index in [0.29, 0.717) is 34.7 Å². The number of likely N-dealkylation sites (N-methyl/N-ethyl adjacent to an activating group) is 2. The number of hydrogen-bond donors (Lipinski definition) is 1. The fourth-order valence-corrected chi connectivity index (χ4v) is 5.14. The predicted molar refractivity (Wildman–Crippen MR) is 137 cm³/mol. The molecule has 0 saturated carbocycles. The first-order chi connectivity index (χ1) is 16.4. The monoisotopic (exact) mass is 504 g/mol. The molecule has 192 valence electrons. The number of aryl methyl sites for hydroxylation is 2. The van der Waals surface area contributed by atoms with Crippen molar-refractivity contribution in [1.29, 1.82) is 0 Å². The average molecular weight is 505 g/mol. The first kappa shape index (κ1) is 28.3. The van der Waals surface area contributed by atoms with Crippen molar-refractivity contribution >= 4 is 27.5 Å². The number of nitrogens with zero attached hydrogens (tertiary/aromatic N) is 3. The number of carbonyl (C=O) groups excluding carboxylic acids is 2. The van der Waals surface area contributed by atoms with Gasteiger partial charge in [-0.15, -0.1) is 0 Å². The van der Waals surface area contributed by atoms with Gasteiger partial charge in [-0.1, -0.05) is 0 Å². The van der Waals surface area contributed by atoms with E-state index in [1.165, 1.54) is 18.5 Å². The van der Waals surface area contributed by atoms with Gasteiger partial charge in [0.25, 0.3) is 5.91 Å². The Morgan fingerprint density at radius 1 is 0.914 bits per heavy atom. The normalized spacial score (nSPS) is 11.6. The van der Waals surface area contributed by atoms with Crippen LogP contribution in [-0.2, 0) is 14.8 Å². The molecule has 0 radical (unpaired) electrons. The van der Waals surface area contributed by atoms with Gasteiger partial charge < -0.3 is 19.9 Å². The number of ether oxygens (including phenoxy) is 1. The Morgan fingerprint density at radius 3 is 2.00 bits per heavy atom. The Bertz CT molecular complexity index is 1120. The largest absolute Gasteiger partial charge is 0.497 e. The minimum atomic E-state index is -3.77. The highest BCUT2D eigenvalue weighted by Gasteiger charge is 2.26. The second-order valence-corrected chi connectivity index (χ2v) is 10.8. The van der Waals surface area contributed by atoms with Crippen LogP contribution in [0.4, 0.5) is 5.69 Å². The topological polar surface area (TPSA) is 99.3 Å². The number of amides is 2. The molecule has 0 aliphatic carbocycles. The highest BCUT2D eigenvalue weighted by molar-refractivity contribution is 7.89. The molecule has 35 heavy (non-hydrogen) atoms. The molecule has 0 aliphatic heterocycles. The number of methoxy groups -OCH3 is 1. The summed E-state index contributed by atoms with van der Waals surface area (Å²) in [6.07, 6.45) is -0.0159. The van der Waals surface area contributed by atoms with Crippen LogP contribution in [-0.4, -0.2) is 89.3 Å². The molecule has 2 aromatic rings. The fraction of sp³-hybridized carbons (Fsp3) is 0.440. The molecule has 0 atom stereocenters. The number of hydrogen-bond acceptors (Lipinski definition) is 6. The molecule has 0 aromatic heterocycles. The highest BCUT2D eigenvalue weighted by Crippen LogP contribution is 2.27. The first-order valence-electron chi connectivity index (χ1n) is 11.3. The lowest BCUT2D eigenvalue weighted by atomic mass is 10.1. The maximum absolute atomic E-state index is 13.1. The van der Waals surface area contributed by atoms with Gasteiger partial charge >= 0.3 is 0 Å². The van der Waals surface area contributed by atoms with E-state index in [9.17, 15) is 18.0 Å². The van der Waals surface area contributed by atoms with Crippen LogP contribution in [0.25, 0.3) is 0 Å². The number of rotatable bonds is 11. The SMILES string of the molecule is COc1cc(C)c(S(=O)(=O)N(C)CCC(=O)Nc2ccc(C(=O)N(C)CCN(C)C)cc2)c(C)c1. The summed E-state index contributed by atoms with van der Waals surface area (Å²) in [6, 6.07) is 10.0. The average Bonchev–Trinajstić information content (AvgIpc) is 2.80. The maximum atomic E-state index is 13.1. The number of benzene rings is 2. The molecule has 0 spiro atoms. The quantitative estimate of drug-likeness (QED) is 0.505. The summed E-state index contributed by atoms with van der Waals surface area (Å²) < 4.78 is 32.6. The van der Waals surface area contributed by atoms with Crippen LogP contribution in [0.2, 0.25) is 0 Å². The zero-order valence-corrected chi connectivity index (χ0v) is 22.4. The van der Waals surface area contributed by atoms with Crippen LogP contribution in [0, 0.1) is 13.8 Å². The van der Waals surface area contributed by atoms with Crippen molar-refractivity contribution in [3.05, 3.63) is 53.1 Å². The van der Waals surface area contributed by atoms with E-state index in [1.807, 2.05) is 19.0 Å². The summed E-state index contributed by atoms with van der Waals surface area (Å²) in [5.74, 6) is 0.173. The van der Waals surface area contributed by atoms with Crippen molar-refractivity contribution in [2.45, 2.75) is 25.2 Å². The van der Waals surface area contributed by atoms with Crippen LogP contribution in [0.5, 0.6) is 5.75 Å². The lowest BCUT2D eigenvalue weighted by Crippen LogP contribution is -2.33. The number of sulfonamides is 1. The van der Waals surface area contributed by atoms with Gasteiger partial charge in [0.15, 0.2) is 0 Å². The van der Waals surface area contributed by atoms with Gasteiger partial charge in [0.05, 0.1) is 12.0 Å². The Morgan fingerprint density at radius 2 is 1.49 bits per heavy atom. The summed E-state index contributed by atoms with van der Waals surface area (Å²) in [5.41, 5.74) is 2.23. The third-order valence-corrected chi connectivity index (χ3v) is 7.80. The molecular weight excluding hydrogens is 468 g/mol. The van der Waals surface area contributed by atoms with Crippen LogP contribution in [0.3, 0.4) is 0 Å². The standard InChI is InChI=1S/C25H36N4O5S/c1-18-16-22(34-7)17-19(2)24(18)35(32,33)29(6)13-12-23(30)26-21-10-8-20(9-11-21)25(31)28(5)15-14-27(3)4/h8-11,16-17H,12-15H2,1-7H3,(H,26,30). The number of anilines is 1. The molecular formula is C25H36N4O5S. The van der Waals surface area contributed by atoms with Crippen molar-refractivity contribution < 1.29 is 22.7 Å². The van der Waals surface area contributed by atoms with Gasteiger partial charge in [0.1, 0.15) is 5.75 Å². The van der Waals surface area contributed by atoms with E-state index in [-0.39, 0.29) is 29.7 Å². The summed E-state index contributed by atoms with van der Waals surface area (Å²) in [5, 5.41) is 2.75. The molecule has 1 N–H and O–H groups in total. The van der Waals surface area contributed by atoms with Crippen molar-refractivity contribution in [3.63, 3.8) is 0 Å². The molecule has 0 fully saturated rings. The highest BCUT2D eigenvalue weighted by atomic mass is 32.2. The third-order valence-electron chi connectivity index (χ3n) is 5.64. The van der Waals surface area contributed by atoms with Crippen molar-refractivity contribution in [3.8, 4) is 5.75 Å². The molecule has 0 unspecified atom stereocenters. The van der Waals surface area contributed by atoms with Crippen molar-refractivity contribution in [2.75, 3.05) is 60.3 Å². The maximum Gasteiger partial charge on any atom is 0.253 e. The Hall–Kier alpha value is -2.95. The molecule has 2 rings (SSSR count). The van der Waals surface area contributed by atoms with Gasteiger partial charge in [-0.2, -0.15) is 0 Å². The van der Waals surface area contributed by atoms with E-state index < -0.39 is 10.0 Å². The number of nitrogens with one attached hydrogen (secondary N) is 1. The molecule has 9 nitrogen and oxygen atoms in total. The summed E-state index contributed by atoms with van der Waals surface area (Å²) >= 11 is 0. The molecule has 2 aromatic carbocycles. The van der Waals surface area contributed by atoms with E-state index in [2.05, 4.69) is 5.32 Å². The Balaban J connectivity index is 1.97. The molecule has 0 aliphatic rings. The Labute approximate surface area is 208 Å². The van der Waals surface area contributed by atoms with E-state index in [4.69, 9.17) is 4.74 Å². The van der Waals surface area contributed by atoms with Gasteiger partial charge in [-0.05, 0) is 75.5 Å². The molecule has 0 bridgehead atoms. The van der Waals surface area contributed by atoms with E-state index in [1.54, 1.807) is 62.2 Å². The van der Waals surface area contributed by atoms with Crippen LogP contribution in [0.15, 0.2) is 41.3 Å². The first-order valence-corrected chi connectivity index (χ1v) is 12.7. The van der Waals surface area contributed by atoms with Crippen LogP contribution < -0.4 is 10.1 Å². The molecule has 10 heteroatoms. The van der Waals surface area contributed by atoms with Crippen molar-refractivity contribution in [2.24, 2.45) is 0 Å². The third kappa shape index (κ3) is 7.51. The second-order valence-electron chi connectivity index (χ2n) is 8.82. The molecule has 2 amide bonds. The molecule has 0 heterocycles. The minimum absolute atomic E-state index is 0.0159. The second kappa shape index (κ2) is 12.1. The molecule has 0 saturated heterocycles. The van der Waals surface area contributed by atoms with Crippen molar-refractivity contribution in [1.82, 2.24) is 14.1 Å². The zero-order chi connectivity index (χ0) is 26.3. The van der Waals surface area contributed by atoms with Crippen LogP contribution in [0.1, 0.15) is 27.9 Å². The van der Waals surface area contributed by atoms with Gasteiger partial charge in [-0.25, -0.2) is 12.7 Å². The van der Waals surface area contributed by atoms with Gasteiger partial charge in [0, 0.05) is 51.4 Å². The van der Waals surface area contributed by atoms with Gasteiger partial charge in [0.2, 0.25) is 15.9 Å². The lowest BCUT2D eigenvalue weighted by Gasteiger charge is -2.20. The zero-order valence-electron chi connectivity index (χ0n) is 21.6. The summed E-state index contributed by atoms with van der Waals surface area (Å²) in [4.78, 5) is 28.8. The minimum Gasteiger partial charge on any atom is -0.497 e. The van der Waals surface area contributed by atoms with E-state index in [0.717, 1.165) is 6.54 Å². The fourth-order valence-electron chi connectivity index (χ4n) is 3.56. The number of carbonyl (C=O) groups is 2. The summed E-state index contributed by atoms with van der Waals surface area (Å²) in [6.45, 7) is 4.83.